The molecule has 0 saturated carbocycles. The van der Waals surface area contributed by atoms with E-state index in [0.29, 0.717) is 10.0 Å². The third-order valence-electron chi connectivity index (χ3n) is 3.50. The molecule has 1 N–H and O–H groups in total. The number of thioether (sulfide) groups is 1. The highest BCUT2D eigenvalue weighted by Gasteiger charge is 2.08. The molecule has 0 fully saturated rings. The molecule has 0 aliphatic rings. The molecule has 138 valence electrons. The number of benzene rings is 2. The number of para-hydroxylation sites is 1. The van der Waals surface area contributed by atoms with Crippen molar-refractivity contribution in [3.05, 3.63) is 64.1 Å². The molecule has 0 spiro atoms. The molecule has 3 aromatic rings. The van der Waals surface area contributed by atoms with Gasteiger partial charge in [0.2, 0.25) is 5.16 Å². The molecule has 2 aromatic carbocycles. The van der Waals surface area contributed by atoms with Gasteiger partial charge in [0.15, 0.2) is 0 Å². The minimum absolute atomic E-state index is 0. The Bertz CT molecular complexity index is 813. The number of aromatic nitrogens is 4. The molecule has 9 heteroatoms. The Balaban J connectivity index is 0.00000243. The van der Waals surface area contributed by atoms with E-state index >= 15 is 0 Å². The number of rotatable bonds is 8. The van der Waals surface area contributed by atoms with Gasteiger partial charge in [-0.25, -0.2) is 0 Å². The van der Waals surface area contributed by atoms with Crippen molar-refractivity contribution in [2.45, 2.75) is 18.1 Å². The Morgan fingerprint density at radius 3 is 2.65 bits per heavy atom. The van der Waals surface area contributed by atoms with E-state index in [1.54, 1.807) is 22.5 Å². The summed E-state index contributed by atoms with van der Waals surface area (Å²) in [6.07, 6.45) is 0.998. The van der Waals surface area contributed by atoms with Gasteiger partial charge in [0.1, 0.15) is 0 Å². The predicted octanol–water partition coefficient (Wildman–Crippen LogP) is 4.66. The summed E-state index contributed by atoms with van der Waals surface area (Å²) in [4.78, 5) is 0. The number of tetrazole rings is 1. The summed E-state index contributed by atoms with van der Waals surface area (Å²) in [5.41, 5.74) is 2.01. The first-order valence-electron chi connectivity index (χ1n) is 7.85. The van der Waals surface area contributed by atoms with Crippen LogP contribution in [0.15, 0.2) is 53.7 Å². The van der Waals surface area contributed by atoms with Gasteiger partial charge < -0.3 is 5.32 Å². The third-order valence-corrected chi connectivity index (χ3v) is 5.09. The summed E-state index contributed by atoms with van der Waals surface area (Å²) in [6, 6.07) is 15.4. The molecule has 0 atom stereocenters. The molecule has 0 radical (unpaired) electrons. The van der Waals surface area contributed by atoms with Crippen LogP contribution in [0.3, 0.4) is 0 Å². The van der Waals surface area contributed by atoms with Gasteiger partial charge in [-0.1, -0.05) is 59.2 Å². The van der Waals surface area contributed by atoms with Gasteiger partial charge in [-0.05, 0) is 53.2 Å². The summed E-state index contributed by atoms with van der Waals surface area (Å²) in [7, 11) is 0. The van der Waals surface area contributed by atoms with Crippen LogP contribution >= 0.6 is 47.4 Å². The van der Waals surface area contributed by atoms with E-state index in [4.69, 9.17) is 23.2 Å². The second-order valence-corrected chi connectivity index (χ2v) is 7.23. The van der Waals surface area contributed by atoms with Crippen LogP contribution in [-0.2, 0) is 6.54 Å². The van der Waals surface area contributed by atoms with Gasteiger partial charge in [0.25, 0.3) is 0 Å². The van der Waals surface area contributed by atoms with Crippen molar-refractivity contribution >= 4 is 47.4 Å². The van der Waals surface area contributed by atoms with E-state index in [-0.39, 0.29) is 12.4 Å². The highest BCUT2D eigenvalue weighted by molar-refractivity contribution is 7.99. The number of halogens is 3. The summed E-state index contributed by atoms with van der Waals surface area (Å²) < 4.78 is 1.76. The fourth-order valence-electron chi connectivity index (χ4n) is 2.25. The van der Waals surface area contributed by atoms with E-state index in [1.165, 1.54) is 0 Å². The lowest BCUT2D eigenvalue weighted by Gasteiger charge is -2.07. The van der Waals surface area contributed by atoms with Crippen molar-refractivity contribution in [3.63, 3.8) is 0 Å². The van der Waals surface area contributed by atoms with E-state index in [1.807, 2.05) is 42.5 Å². The minimum atomic E-state index is 0. The second-order valence-electron chi connectivity index (χ2n) is 5.32. The van der Waals surface area contributed by atoms with E-state index < -0.39 is 0 Å². The largest absolute Gasteiger partial charge is 0.313 e. The SMILES string of the molecule is Cl.Clc1ccc(CNCCCSc2nnnn2-c2ccccc2)c(Cl)c1. The lowest BCUT2D eigenvalue weighted by atomic mass is 10.2. The molecule has 5 nitrogen and oxygen atoms in total. The normalized spacial score (nSPS) is 10.5. The van der Waals surface area contributed by atoms with Gasteiger partial charge in [-0.15, -0.1) is 17.5 Å². The smallest absolute Gasteiger partial charge is 0.214 e. The summed E-state index contributed by atoms with van der Waals surface area (Å²) >= 11 is 13.7. The first kappa shape index (κ1) is 21.0. The third kappa shape index (κ3) is 5.86. The van der Waals surface area contributed by atoms with Crippen LogP contribution in [-0.4, -0.2) is 32.5 Å². The number of nitrogens with one attached hydrogen (secondary N) is 1. The summed E-state index contributed by atoms with van der Waals surface area (Å²) in [5, 5.41) is 17.4. The molecule has 1 aromatic heterocycles. The van der Waals surface area contributed by atoms with Gasteiger partial charge in [-0.3, -0.25) is 0 Å². The lowest BCUT2D eigenvalue weighted by Crippen LogP contribution is -2.15. The van der Waals surface area contributed by atoms with Crippen molar-refractivity contribution in [3.8, 4) is 5.69 Å². The quantitative estimate of drug-likeness (QED) is 0.416. The standard InChI is InChI=1S/C17H17Cl2N5S.ClH/c18-14-8-7-13(16(19)11-14)12-20-9-4-10-25-17-21-22-23-24(17)15-5-2-1-3-6-15;/h1-3,5-8,11,20H,4,9-10,12H2;1H. The van der Waals surface area contributed by atoms with Crippen LogP contribution in [0.1, 0.15) is 12.0 Å². The van der Waals surface area contributed by atoms with Crippen LogP contribution < -0.4 is 5.32 Å². The summed E-state index contributed by atoms with van der Waals surface area (Å²) in [5.74, 6) is 0.925. The predicted molar refractivity (Wildman–Crippen MR) is 110 cm³/mol. The maximum absolute atomic E-state index is 6.16. The zero-order chi connectivity index (χ0) is 17.5. The average molecular weight is 431 g/mol. The van der Waals surface area contributed by atoms with Crippen LogP contribution in [0.5, 0.6) is 0 Å². The van der Waals surface area contributed by atoms with Gasteiger partial charge in [-0.2, -0.15) is 4.68 Å². The Labute approximate surface area is 172 Å². The van der Waals surface area contributed by atoms with Crippen molar-refractivity contribution in [2.75, 3.05) is 12.3 Å². The molecule has 0 saturated heterocycles. The lowest BCUT2D eigenvalue weighted by molar-refractivity contribution is 0.678. The fraction of sp³-hybridized carbons (Fsp3) is 0.235. The Morgan fingerprint density at radius 2 is 1.88 bits per heavy atom. The van der Waals surface area contributed by atoms with E-state index in [9.17, 15) is 0 Å². The number of hydrogen-bond acceptors (Lipinski definition) is 5. The Hall–Kier alpha value is -1.31. The molecule has 0 aliphatic heterocycles. The zero-order valence-electron chi connectivity index (χ0n) is 13.8. The van der Waals surface area contributed by atoms with Gasteiger partial charge in [0.05, 0.1) is 5.69 Å². The number of hydrogen-bond donors (Lipinski definition) is 1. The zero-order valence-corrected chi connectivity index (χ0v) is 17.0. The van der Waals surface area contributed by atoms with Crippen LogP contribution in [0, 0.1) is 0 Å². The van der Waals surface area contributed by atoms with Gasteiger partial charge >= 0.3 is 0 Å². The van der Waals surface area contributed by atoms with Crippen molar-refractivity contribution < 1.29 is 0 Å². The molecule has 0 aliphatic carbocycles. The Morgan fingerprint density at radius 1 is 1.08 bits per heavy atom. The maximum Gasteiger partial charge on any atom is 0.214 e. The first-order chi connectivity index (χ1) is 12.2. The first-order valence-corrected chi connectivity index (χ1v) is 9.59. The van der Waals surface area contributed by atoms with Crippen molar-refractivity contribution in [1.29, 1.82) is 0 Å². The molecular formula is C17H18Cl3N5S. The molecule has 1 heterocycles. The van der Waals surface area contributed by atoms with Crippen molar-refractivity contribution in [2.24, 2.45) is 0 Å². The van der Waals surface area contributed by atoms with Crippen molar-refractivity contribution in [1.82, 2.24) is 25.5 Å². The maximum atomic E-state index is 6.16. The molecular weight excluding hydrogens is 413 g/mol. The van der Waals surface area contributed by atoms with Gasteiger partial charge in [0, 0.05) is 22.3 Å². The topological polar surface area (TPSA) is 55.6 Å². The summed E-state index contributed by atoms with van der Waals surface area (Å²) in [6.45, 7) is 1.61. The molecule has 26 heavy (non-hydrogen) atoms. The monoisotopic (exact) mass is 429 g/mol. The van der Waals surface area contributed by atoms with Crippen LogP contribution in [0.4, 0.5) is 0 Å². The van der Waals surface area contributed by atoms with Crippen LogP contribution in [0.2, 0.25) is 10.0 Å². The second kappa shape index (κ2) is 10.7. The molecule has 0 amide bonds. The molecule has 3 rings (SSSR count). The average Bonchev–Trinajstić information content (AvgIpc) is 3.09. The number of nitrogens with zero attached hydrogens (tertiary/aromatic N) is 4. The highest BCUT2D eigenvalue weighted by atomic mass is 35.5. The highest BCUT2D eigenvalue weighted by Crippen LogP contribution is 2.21. The molecule has 0 unspecified atom stereocenters. The van der Waals surface area contributed by atoms with E-state index in [2.05, 4.69) is 20.8 Å². The molecule has 0 bridgehead atoms. The Kier molecular flexibility index (Phi) is 8.68. The fourth-order valence-corrected chi connectivity index (χ4v) is 3.55. The van der Waals surface area contributed by atoms with E-state index in [0.717, 1.165) is 41.7 Å². The minimum Gasteiger partial charge on any atom is -0.313 e. The van der Waals surface area contributed by atoms with Crippen LogP contribution in [0.25, 0.3) is 5.69 Å².